The molecular formula is C22H17FN2O3S. The van der Waals surface area contributed by atoms with E-state index in [-0.39, 0.29) is 18.1 Å². The Morgan fingerprint density at radius 3 is 2.48 bits per heavy atom. The van der Waals surface area contributed by atoms with Crippen LogP contribution in [0.1, 0.15) is 21.5 Å². The maximum Gasteiger partial charge on any atom is 0.329 e. The number of benzene rings is 2. The molecule has 5 nitrogen and oxygen atoms in total. The van der Waals surface area contributed by atoms with E-state index in [9.17, 15) is 18.8 Å². The number of carbonyl (C=O) groups is 1. The van der Waals surface area contributed by atoms with Crippen molar-refractivity contribution in [2.45, 2.75) is 20.4 Å². The topological polar surface area (TPSA) is 71.9 Å². The number of fused-ring (bicyclic) bond motifs is 1. The van der Waals surface area contributed by atoms with Gasteiger partial charge in [-0.15, -0.1) is 11.3 Å². The van der Waals surface area contributed by atoms with Crippen LogP contribution in [0.4, 0.5) is 4.39 Å². The number of ketones is 1. The third-order valence-corrected chi connectivity index (χ3v) is 5.90. The Balaban J connectivity index is 1.80. The molecule has 0 atom stereocenters. The molecule has 2 aromatic heterocycles. The van der Waals surface area contributed by atoms with E-state index in [1.54, 1.807) is 29.6 Å². The molecule has 0 aliphatic carbocycles. The van der Waals surface area contributed by atoms with E-state index in [1.807, 2.05) is 19.9 Å². The smallest absolute Gasteiger partial charge is 0.298 e. The van der Waals surface area contributed by atoms with Crippen LogP contribution >= 0.6 is 11.3 Å². The normalized spacial score (nSPS) is 11.1. The lowest BCUT2D eigenvalue weighted by molar-refractivity contribution is 0.0969. The van der Waals surface area contributed by atoms with Crippen molar-refractivity contribution in [3.63, 3.8) is 0 Å². The van der Waals surface area contributed by atoms with Gasteiger partial charge < -0.3 is 0 Å². The van der Waals surface area contributed by atoms with Crippen molar-refractivity contribution >= 4 is 27.3 Å². The zero-order valence-electron chi connectivity index (χ0n) is 15.8. The second-order valence-electron chi connectivity index (χ2n) is 6.90. The fourth-order valence-electron chi connectivity index (χ4n) is 3.19. The van der Waals surface area contributed by atoms with E-state index in [4.69, 9.17) is 0 Å². The number of halogens is 1. The zero-order valence-corrected chi connectivity index (χ0v) is 16.6. The highest BCUT2D eigenvalue weighted by molar-refractivity contribution is 7.17. The molecule has 146 valence electrons. The van der Waals surface area contributed by atoms with E-state index in [0.717, 1.165) is 15.7 Å². The van der Waals surface area contributed by atoms with Gasteiger partial charge in [0.05, 0.1) is 11.9 Å². The predicted molar refractivity (Wildman–Crippen MR) is 112 cm³/mol. The summed E-state index contributed by atoms with van der Waals surface area (Å²) in [6.07, 6.45) is 0. The molecule has 7 heteroatoms. The van der Waals surface area contributed by atoms with Crippen LogP contribution < -0.4 is 11.2 Å². The first kappa shape index (κ1) is 19.0. The SMILES string of the molecule is Cc1ccc(C(=O)Cn2c(=O)[nH]c3scc(-c4ccc(F)cc4)c3c2=O)cc1C. The summed E-state index contributed by atoms with van der Waals surface area (Å²) in [5.74, 6) is -0.697. The van der Waals surface area contributed by atoms with Crippen molar-refractivity contribution < 1.29 is 9.18 Å². The van der Waals surface area contributed by atoms with Gasteiger partial charge in [-0.3, -0.25) is 19.1 Å². The minimum absolute atomic E-state index is 0.314. The maximum atomic E-state index is 13.2. The van der Waals surface area contributed by atoms with Gasteiger partial charge in [-0.05, 0) is 48.7 Å². The lowest BCUT2D eigenvalue weighted by atomic mass is 10.0. The molecule has 0 spiro atoms. The summed E-state index contributed by atoms with van der Waals surface area (Å²) in [5, 5.41) is 2.05. The molecule has 0 fully saturated rings. The van der Waals surface area contributed by atoms with E-state index >= 15 is 0 Å². The summed E-state index contributed by atoms with van der Waals surface area (Å²) in [4.78, 5) is 41.3. The van der Waals surface area contributed by atoms with Gasteiger partial charge in [-0.25, -0.2) is 9.18 Å². The Hall–Kier alpha value is -3.32. The minimum Gasteiger partial charge on any atom is -0.298 e. The molecule has 4 rings (SSSR count). The van der Waals surface area contributed by atoms with Gasteiger partial charge in [0.2, 0.25) is 0 Å². The monoisotopic (exact) mass is 408 g/mol. The minimum atomic E-state index is -0.632. The van der Waals surface area contributed by atoms with E-state index in [2.05, 4.69) is 4.98 Å². The lowest BCUT2D eigenvalue weighted by Gasteiger charge is -2.07. The highest BCUT2D eigenvalue weighted by atomic mass is 32.1. The van der Waals surface area contributed by atoms with Crippen LogP contribution in [0.2, 0.25) is 0 Å². The molecule has 1 N–H and O–H groups in total. The molecule has 0 aliphatic rings. The van der Waals surface area contributed by atoms with Crippen molar-refractivity contribution in [3.05, 3.63) is 91.2 Å². The summed E-state index contributed by atoms with van der Waals surface area (Å²) in [6.45, 7) is 3.49. The van der Waals surface area contributed by atoms with Crippen molar-refractivity contribution in [1.82, 2.24) is 9.55 Å². The number of rotatable bonds is 4. The summed E-state index contributed by atoms with van der Waals surface area (Å²) in [7, 11) is 0. The van der Waals surface area contributed by atoms with Crippen LogP contribution in [0.3, 0.4) is 0 Å². The van der Waals surface area contributed by atoms with Gasteiger partial charge >= 0.3 is 5.69 Å². The Kier molecular flexibility index (Phi) is 4.76. The molecule has 0 radical (unpaired) electrons. The Bertz CT molecular complexity index is 1360. The molecule has 29 heavy (non-hydrogen) atoms. The second kappa shape index (κ2) is 7.25. The number of aromatic nitrogens is 2. The molecule has 0 unspecified atom stereocenters. The van der Waals surface area contributed by atoms with Crippen LogP contribution in [0.15, 0.2) is 57.4 Å². The van der Waals surface area contributed by atoms with Crippen molar-refractivity contribution in [2.75, 3.05) is 0 Å². The van der Waals surface area contributed by atoms with Crippen LogP contribution in [0.5, 0.6) is 0 Å². The second-order valence-corrected chi connectivity index (χ2v) is 7.78. The molecular weight excluding hydrogens is 391 g/mol. The summed E-state index contributed by atoms with van der Waals surface area (Å²) >= 11 is 1.22. The van der Waals surface area contributed by atoms with Crippen LogP contribution in [0.25, 0.3) is 21.3 Å². The molecule has 0 saturated carbocycles. The number of aryl methyl sites for hydroxylation is 2. The third kappa shape index (κ3) is 3.45. The van der Waals surface area contributed by atoms with Gasteiger partial charge in [-0.2, -0.15) is 0 Å². The first-order valence-corrected chi connectivity index (χ1v) is 9.84. The van der Waals surface area contributed by atoms with Gasteiger partial charge in [0.15, 0.2) is 5.78 Å². The molecule has 2 aromatic carbocycles. The number of hydrogen-bond acceptors (Lipinski definition) is 4. The quantitative estimate of drug-likeness (QED) is 0.518. The predicted octanol–water partition coefficient (Wildman–Crippen LogP) is 4.06. The lowest BCUT2D eigenvalue weighted by Crippen LogP contribution is -2.37. The van der Waals surface area contributed by atoms with E-state index in [0.29, 0.717) is 26.9 Å². The molecule has 0 saturated heterocycles. The zero-order chi connectivity index (χ0) is 20.7. The number of nitrogens with one attached hydrogen (secondary N) is 1. The van der Waals surface area contributed by atoms with Crippen molar-refractivity contribution in [3.8, 4) is 11.1 Å². The number of H-pyrrole nitrogens is 1. The van der Waals surface area contributed by atoms with Crippen molar-refractivity contribution in [2.24, 2.45) is 0 Å². The van der Waals surface area contributed by atoms with Gasteiger partial charge in [0, 0.05) is 16.5 Å². The fraction of sp³-hybridized carbons (Fsp3) is 0.136. The number of aromatic amines is 1. The number of Topliss-reactive ketones (excluding diaryl/α,β-unsaturated/α-hetero) is 1. The van der Waals surface area contributed by atoms with Gasteiger partial charge in [0.25, 0.3) is 5.56 Å². The Morgan fingerprint density at radius 1 is 1.07 bits per heavy atom. The Labute approximate surface area is 169 Å². The van der Waals surface area contributed by atoms with Crippen LogP contribution in [-0.4, -0.2) is 15.3 Å². The van der Waals surface area contributed by atoms with E-state index in [1.165, 1.54) is 23.5 Å². The molecule has 0 bridgehead atoms. The van der Waals surface area contributed by atoms with Crippen molar-refractivity contribution in [1.29, 1.82) is 0 Å². The highest BCUT2D eigenvalue weighted by Gasteiger charge is 2.17. The maximum absolute atomic E-state index is 13.2. The fourth-order valence-corrected chi connectivity index (χ4v) is 4.14. The average molecular weight is 408 g/mol. The third-order valence-electron chi connectivity index (χ3n) is 5.00. The number of carbonyl (C=O) groups excluding carboxylic acids is 1. The number of hydrogen-bond donors (Lipinski definition) is 1. The van der Waals surface area contributed by atoms with Crippen LogP contribution in [0, 0.1) is 19.7 Å². The molecule has 4 aromatic rings. The standard InChI is InChI=1S/C22H17FN2O3S/c1-12-3-4-15(9-13(12)2)18(26)10-25-21(27)19-17(11-29-20(19)24-22(25)28)14-5-7-16(23)8-6-14/h3-9,11H,10H2,1-2H3,(H,24,28). The average Bonchev–Trinajstić information content (AvgIpc) is 3.11. The first-order valence-electron chi connectivity index (χ1n) is 8.96. The summed E-state index contributed by atoms with van der Waals surface area (Å²) < 4.78 is 14.2. The molecule has 0 aliphatic heterocycles. The number of nitrogens with zero attached hydrogens (tertiary/aromatic N) is 1. The number of thiophene rings is 1. The first-order chi connectivity index (χ1) is 13.8. The van der Waals surface area contributed by atoms with Crippen LogP contribution in [-0.2, 0) is 6.54 Å². The largest absolute Gasteiger partial charge is 0.329 e. The highest BCUT2D eigenvalue weighted by Crippen LogP contribution is 2.30. The molecule has 2 heterocycles. The van der Waals surface area contributed by atoms with E-state index < -0.39 is 11.2 Å². The summed E-state index contributed by atoms with van der Waals surface area (Å²) in [6, 6.07) is 11.1. The van der Waals surface area contributed by atoms with Gasteiger partial charge in [0.1, 0.15) is 10.6 Å². The van der Waals surface area contributed by atoms with Gasteiger partial charge in [-0.1, -0.05) is 24.3 Å². The Morgan fingerprint density at radius 2 is 1.79 bits per heavy atom. The summed E-state index contributed by atoms with van der Waals surface area (Å²) in [5.41, 5.74) is 2.55. The molecule has 0 amide bonds.